The van der Waals surface area contributed by atoms with Crippen molar-refractivity contribution in [1.29, 1.82) is 0 Å². The van der Waals surface area contributed by atoms with E-state index in [2.05, 4.69) is 48.1 Å². The molecule has 0 fully saturated rings. The molecule has 0 N–H and O–H groups in total. The van der Waals surface area contributed by atoms with Gasteiger partial charge in [0.05, 0.1) is 12.7 Å². The summed E-state index contributed by atoms with van der Waals surface area (Å²) in [5.41, 5.74) is 2.03. The number of benzene rings is 1. The quantitative estimate of drug-likeness (QED) is 0.733. The predicted octanol–water partition coefficient (Wildman–Crippen LogP) is 2.26. The largest absolute Gasteiger partial charge is 0.294 e. The van der Waals surface area contributed by atoms with Crippen LogP contribution in [0.15, 0.2) is 41.3 Å². The lowest BCUT2D eigenvalue weighted by Gasteiger charge is -2.29. The number of nitrogens with zero attached hydrogens (tertiary/aromatic N) is 5. The minimum absolute atomic E-state index is 0.0365. The molecule has 4 rings (SSSR count). The van der Waals surface area contributed by atoms with Crippen LogP contribution < -0.4 is 5.56 Å². The normalized spacial score (nSPS) is 15.0. The maximum atomic E-state index is 12.8. The lowest BCUT2D eigenvalue weighted by molar-refractivity contribution is 0.204. The number of hydrogen-bond donors (Lipinski definition) is 0. The molecule has 0 atom stereocenters. The minimum Gasteiger partial charge on any atom is -0.294 e. The SMILES string of the molecule is CC(C)Cn1ncc2c(=O)n3c(nc21)CN(Cc1ccccc1)CC3. The van der Waals surface area contributed by atoms with Crippen molar-refractivity contribution in [2.75, 3.05) is 6.54 Å². The van der Waals surface area contributed by atoms with Gasteiger partial charge in [-0.25, -0.2) is 9.67 Å². The van der Waals surface area contributed by atoms with Gasteiger partial charge in [0.25, 0.3) is 5.56 Å². The Bertz CT molecular complexity index is 942. The minimum atomic E-state index is 0.0365. The van der Waals surface area contributed by atoms with Gasteiger partial charge in [0, 0.05) is 26.2 Å². The molecule has 0 radical (unpaired) electrons. The Balaban J connectivity index is 1.66. The standard InChI is InChI=1S/C19H23N5O/c1-14(2)11-24-18-16(10-20-24)19(25)23-9-8-22(13-17(23)21-18)12-15-6-4-3-5-7-15/h3-7,10,14H,8-9,11-13H2,1-2H3. The summed E-state index contributed by atoms with van der Waals surface area (Å²) >= 11 is 0. The van der Waals surface area contributed by atoms with Crippen LogP contribution in [0.1, 0.15) is 25.2 Å². The van der Waals surface area contributed by atoms with E-state index >= 15 is 0 Å². The molecule has 0 bridgehead atoms. The molecule has 6 nitrogen and oxygen atoms in total. The Morgan fingerprint density at radius 3 is 2.72 bits per heavy atom. The van der Waals surface area contributed by atoms with Gasteiger partial charge in [-0.05, 0) is 11.5 Å². The first kappa shape index (κ1) is 16.0. The molecule has 6 heteroatoms. The highest BCUT2D eigenvalue weighted by atomic mass is 16.1. The fourth-order valence-corrected chi connectivity index (χ4v) is 3.42. The number of fused-ring (bicyclic) bond motifs is 2. The molecule has 0 saturated heterocycles. The van der Waals surface area contributed by atoms with Crippen LogP contribution in [-0.4, -0.2) is 30.8 Å². The number of hydrogen-bond acceptors (Lipinski definition) is 4. The van der Waals surface area contributed by atoms with Crippen molar-refractivity contribution in [3.05, 3.63) is 58.3 Å². The lowest BCUT2D eigenvalue weighted by Crippen LogP contribution is -2.39. The van der Waals surface area contributed by atoms with Crippen molar-refractivity contribution in [3.63, 3.8) is 0 Å². The summed E-state index contributed by atoms with van der Waals surface area (Å²) in [5.74, 6) is 1.29. The topological polar surface area (TPSA) is 56.0 Å². The first-order valence-electron chi connectivity index (χ1n) is 8.83. The molecule has 0 aliphatic carbocycles. The highest BCUT2D eigenvalue weighted by Gasteiger charge is 2.22. The molecule has 3 heterocycles. The molecule has 0 spiro atoms. The Kier molecular flexibility index (Phi) is 4.13. The van der Waals surface area contributed by atoms with Crippen LogP contribution in [-0.2, 0) is 26.2 Å². The molecular weight excluding hydrogens is 314 g/mol. The van der Waals surface area contributed by atoms with Gasteiger partial charge in [0.1, 0.15) is 11.2 Å². The van der Waals surface area contributed by atoms with Gasteiger partial charge in [0.15, 0.2) is 5.65 Å². The van der Waals surface area contributed by atoms with Gasteiger partial charge < -0.3 is 0 Å². The van der Waals surface area contributed by atoms with Crippen LogP contribution in [0.5, 0.6) is 0 Å². The van der Waals surface area contributed by atoms with Gasteiger partial charge in [-0.2, -0.15) is 5.10 Å². The molecule has 0 unspecified atom stereocenters. The Morgan fingerprint density at radius 2 is 1.96 bits per heavy atom. The van der Waals surface area contributed by atoms with E-state index in [-0.39, 0.29) is 5.56 Å². The molecular formula is C19H23N5O. The van der Waals surface area contributed by atoms with Crippen LogP contribution in [0, 0.1) is 5.92 Å². The van der Waals surface area contributed by atoms with Crippen LogP contribution in [0.25, 0.3) is 11.0 Å². The molecule has 1 aliphatic heterocycles. The van der Waals surface area contributed by atoms with E-state index < -0.39 is 0 Å². The zero-order valence-corrected chi connectivity index (χ0v) is 14.7. The predicted molar refractivity (Wildman–Crippen MR) is 97.2 cm³/mol. The average molecular weight is 337 g/mol. The number of rotatable bonds is 4. The first-order valence-corrected chi connectivity index (χ1v) is 8.83. The van der Waals surface area contributed by atoms with Gasteiger partial charge >= 0.3 is 0 Å². The van der Waals surface area contributed by atoms with Crippen LogP contribution in [0.4, 0.5) is 0 Å². The summed E-state index contributed by atoms with van der Waals surface area (Å²) in [4.78, 5) is 19.9. The average Bonchev–Trinajstić information content (AvgIpc) is 2.98. The van der Waals surface area contributed by atoms with Gasteiger partial charge in [0.2, 0.25) is 0 Å². The molecule has 0 saturated carbocycles. The molecule has 130 valence electrons. The Hall–Kier alpha value is -2.47. The Morgan fingerprint density at radius 1 is 1.16 bits per heavy atom. The van der Waals surface area contributed by atoms with E-state index in [4.69, 9.17) is 4.98 Å². The molecule has 1 aromatic carbocycles. The third-order valence-corrected chi connectivity index (χ3v) is 4.63. The second-order valence-electron chi connectivity index (χ2n) is 7.14. The van der Waals surface area contributed by atoms with Gasteiger partial charge in [-0.3, -0.25) is 14.3 Å². The van der Waals surface area contributed by atoms with Crippen molar-refractivity contribution in [2.24, 2.45) is 5.92 Å². The molecule has 1 aliphatic rings. The highest BCUT2D eigenvalue weighted by Crippen LogP contribution is 2.16. The van der Waals surface area contributed by atoms with Crippen molar-refractivity contribution in [3.8, 4) is 0 Å². The molecule has 3 aromatic rings. The molecule has 25 heavy (non-hydrogen) atoms. The first-order chi connectivity index (χ1) is 12.1. The maximum absolute atomic E-state index is 12.8. The van der Waals surface area contributed by atoms with E-state index in [1.54, 1.807) is 6.20 Å². The summed E-state index contributed by atoms with van der Waals surface area (Å²) in [6.45, 7) is 8.15. The third-order valence-electron chi connectivity index (χ3n) is 4.63. The summed E-state index contributed by atoms with van der Waals surface area (Å²) in [5, 5.41) is 5.01. The van der Waals surface area contributed by atoms with Gasteiger partial charge in [-0.15, -0.1) is 0 Å². The third kappa shape index (κ3) is 3.09. The fraction of sp³-hybridized carbons (Fsp3) is 0.421. The lowest BCUT2D eigenvalue weighted by atomic mass is 10.2. The Labute approximate surface area is 146 Å². The van der Waals surface area contributed by atoms with E-state index in [0.29, 0.717) is 30.0 Å². The molecule has 2 aromatic heterocycles. The van der Waals surface area contributed by atoms with Crippen LogP contribution in [0.2, 0.25) is 0 Å². The van der Waals surface area contributed by atoms with Crippen molar-refractivity contribution in [1.82, 2.24) is 24.2 Å². The number of aromatic nitrogens is 4. The summed E-state index contributed by atoms with van der Waals surface area (Å²) < 4.78 is 3.67. The summed E-state index contributed by atoms with van der Waals surface area (Å²) in [6, 6.07) is 10.4. The van der Waals surface area contributed by atoms with Crippen molar-refractivity contribution < 1.29 is 0 Å². The van der Waals surface area contributed by atoms with Crippen molar-refractivity contribution in [2.45, 2.75) is 40.0 Å². The van der Waals surface area contributed by atoms with E-state index in [1.807, 2.05) is 15.3 Å². The highest BCUT2D eigenvalue weighted by molar-refractivity contribution is 5.73. The van der Waals surface area contributed by atoms with E-state index in [0.717, 1.165) is 25.5 Å². The monoisotopic (exact) mass is 337 g/mol. The van der Waals surface area contributed by atoms with E-state index in [9.17, 15) is 4.79 Å². The summed E-state index contributed by atoms with van der Waals surface area (Å²) in [6.07, 6.45) is 1.66. The van der Waals surface area contributed by atoms with Gasteiger partial charge in [-0.1, -0.05) is 44.2 Å². The molecule has 0 amide bonds. The van der Waals surface area contributed by atoms with Crippen molar-refractivity contribution >= 4 is 11.0 Å². The fourth-order valence-electron chi connectivity index (χ4n) is 3.42. The second kappa shape index (κ2) is 6.44. The van der Waals surface area contributed by atoms with Crippen LogP contribution in [0.3, 0.4) is 0 Å². The second-order valence-corrected chi connectivity index (χ2v) is 7.14. The summed E-state index contributed by atoms with van der Waals surface area (Å²) in [7, 11) is 0. The van der Waals surface area contributed by atoms with Crippen LogP contribution >= 0.6 is 0 Å². The smallest absolute Gasteiger partial charge is 0.264 e. The maximum Gasteiger partial charge on any atom is 0.264 e. The van der Waals surface area contributed by atoms with E-state index in [1.165, 1.54) is 5.56 Å². The zero-order valence-electron chi connectivity index (χ0n) is 14.7. The zero-order chi connectivity index (χ0) is 17.4.